The first-order valence-corrected chi connectivity index (χ1v) is 9.08. The van der Waals surface area contributed by atoms with Gasteiger partial charge < -0.3 is 9.84 Å². The molecule has 0 saturated heterocycles. The van der Waals surface area contributed by atoms with Crippen molar-refractivity contribution in [1.29, 1.82) is 0 Å². The first kappa shape index (κ1) is 20.8. The van der Waals surface area contributed by atoms with Crippen molar-refractivity contribution in [2.45, 2.75) is 6.61 Å². The Morgan fingerprint density at radius 2 is 1.93 bits per heavy atom. The average Bonchev–Trinajstić information content (AvgIpc) is 2.74. The number of anilines is 1. The molecule has 0 unspecified atom stereocenters. The zero-order chi connectivity index (χ0) is 21.5. The molecule has 30 heavy (non-hydrogen) atoms. The van der Waals surface area contributed by atoms with Crippen LogP contribution in [0.5, 0.6) is 5.75 Å². The number of carboxylic acid groups (broad SMARTS) is 1. The SMILES string of the molecule is O=C(O)c1cc(N/N=C\c2cccc(OCc3ccc([N+](=O)[O-])cc3)c2)ccc1Cl. The van der Waals surface area contributed by atoms with Crippen molar-refractivity contribution < 1.29 is 19.6 Å². The molecule has 0 fully saturated rings. The summed E-state index contributed by atoms with van der Waals surface area (Å²) in [4.78, 5) is 21.4. The molecular weight excluding hydrogens is 410 g/mol. The van der Waals surface area contributed by atoms with E-state index in [1.807, 2.05) is 6.07 Å². The lowest BCUT2D eigenvalue weighted by Crippen LogP contribution is -1.99. The number of rotatable bonds is 8. The predicted molar refractivity (Wildman–Crippen MR) is 113 cm³/mol. The summed E-state index contributed by atoms with van der Waals surface area (Å²) < 4.78 is 5.72. The molecule has 0 radical (unpaired) electrons. The highest BCUT2D eigenvalue weighted by atomic mass is 35.5. The third kappa shape index (κ3) is 5.55. The van der Waals surface area contributed by atoms with E-state index in [9.17, 15) is 14.9 Å². The standard InChI is InChI=1S/C21H16ClN3O5/c22-20-9-6-16(11-19(20)21(26)27)24-23-12-15-2-1-3-18(10-15)30-13-14-4-7-17(8-5-14)25(28)29/h1-12,24H,13H2,(H,26,27)/b23-12-. The minimum absolute atomic E-state index is 0.0153. The highest BCUT2D eigenvalue weighted by Crippen LogP contribution is 2.21. The number of non-ortho nitro benzene ring substituents is 1. The van der Waals surface area contributed by atoms with Gasteiger partial charge in [0.1, 0.15) is 12.4 Å². The van der Waals surface area contributed by atoms with Crippen LogP contribution in [0, 0.1) is 10.1 Å². The lowest BCUT2D eigenvalue weighted by atomic mass is 10.2. The van der Waals surface area contributed by atoms with Crippen LogP contribution < -0.4 is 10.2 Å². The number of nitro benzene ring substituents is 1. The quantitative estimate of drug-likeness (QED) is 0.299. The van der Waals surface area contributed by atoms with Gasteiger partial charge in [0.05, 0.1) is 27.4 Å². The van der Waals surface area contributed by atoms with Crippen LogP contribution in [0.25, 0.3) is 0 Å². The van der Waals surface area contributed by atoms with E-state index in [4.69, 9.17) is 21.4 Å². The minimum Gasteiger partial charge on any atom is -0.489 e. The summed E-state index contributed by atoms with van der Waals surface area (Å²) in [5.41, 5.74) is 4.82. The van der Waals surface area contributed by atoms with Crippen LogP contribution in [0.15, 0.2) is 71.8 Å². The fraction of sp³-hybridized carbons (Fsp3) is 0.0476. The summed E-state index contributed by atoms with van der Waals surface area (Å²) in [5.74, 6) is -0.512. The van der Waals surface area contributed by atoms with Gasteiger partial charge in [-0.25, -0.2) is 4.79 Å². The van der Waals surface area contributed by atoms with Crippen LogP contribution in [0.3, 0.4) is 0 Å². The maximum absolute atomic E-state index is 11.1. The molecule has 3 aromatic rings. The van der Waals surface area contributed by atoms with Gasteiger partial charge in [0.2, 0.25) is 0 Å². The number of benzene rings is 3. The molecule has 9 heteroatoms. The van der Waals surface area contributed by atoms with Crippen molar-refractivity contribution >= 4 is 35.2 Å². The van der Waals surface area contributed by atoms with Crippen LogP contribution in [0.2, 0.25) is 5.02 Å². The Bertz CT molecular complexity index is 1100. The summed E-state index contributed by atoms with van der Waals surface area (Å²) in [6.07, 6.45) is 1.56. The number of hydrazone groups is 1. The van der Waals surface area contributed by atoms with Gasteiger partial charge in [0.25, 0.3) is 5.69 Å². The van der Waals surface area contributed by atoms with E-state index in [1.54, 1.807) is 42.6 Å². The minimum atomic E-state index is -1.12. The van der Waals surface area contributed by atoms with E-state index in [1.165, 1.54) is 24.3 Å². The molecule has 2 N–H and O–H groups in total. The summed E-state index contributed by atoms with van der Waals surface area (Å²) in [6, 6.07) is 17.8. The second kappa shape index (κ2) is 9.53. The van der Waals surface area contributed by atoms with Crippen LogP contribution in [0.4, 0.5) is 11.4 Å². The number of ether oxygens (including phenoxy) is 1. The van der Waals surface area contributed by atoms with Crippen LogP contribution in [-0.2, 0) is 6.61 Å². The molecule has 0 aliphatic heterocycles. The van der Waals surface area contributed by atoms with Gasteiger partial charge in [0, 0.05) is 12.1 Å². The average molecular weight is 426 g/mol. The first-order chi connectivity index (χ1) is 14.4. The van der Waals surface area contributed by atoms with E-state index in [0.717, 1.165) is 11.1 Å². The van der Waals surface area contributed by atoms with Crippen LogP contribution in [0.1, 0.15) is 21.5 Å². The van der Waals surface area contributed by atoms with E-state index < -0.39 is 10.9 Å². The zero-order valence-electron chi connectivity index (χ0n) is 15.5. The number of nitrogens with zero attached hydrogens (tertiary/aromatic N) is 2. The molecule has 0 amide bonds. The van der Waals surface area contributed by atoms with Gasteiger partial charge in [-0.2, -0.15) is 5.10 Å². The molecule has 3 aromatic carbocycles. The fourth-order valence-electron chi connectivity index (χ4n) is 2.51. The molecule has 0 saturated carbocycles. The van der Waals surface area contributed by atoms with Crippen molar-refractivity contribution in [2.75, 3.05) is 5.43 Å². The summed E-state index contributed by atoms with van der Waals surface area (Å²) in [5, 5.41) is 24.0. The lowest BCUT2D eigenvalue weighted by molar-refractivity contribution is -0.384. The van der Waals surface area contributed by atoms with Gasteiger partial charge in [-0.15, -0.1) is 0 Å². The number of carbonyl (C=O) groups is 1. The van der Waals surface area contributed by atoms with Crippen molar-refractivity contribution in [2.24, 2.45) is 5.10 Å². The van der Waals surface area contributed by atoms with Gasteiger partial charge in [0.15, 0.2) is 0 Å². The fourth-order valence-corrected chi connectivity index (χ4v) is 2.70. The highest BCUT2D eigenvalue weighted by molar-refractivity contribution is 6.33. The Labute approximate surface area is 176 Å². The van der Waals surface area contributed by atoms with Gasteiger partial charge in [-0.05, 0) is 53.6 Å². The second-order valence-corrected chi connectivity index (χ2v) is 6.56. The lowest BCUT2D eigenvalue weighted by Gasteiger charge is -2.07. The maximum Gasteiger partial charge on any atom is 0.337 e. The number of hydrogen-bond acceptors (Lipinski definition) is 6. The van der Waals surface area contributed by atoms with Crippen molar-refractivity contribution in [3.63, 3.8) is 0 Å². The number of halogens is 1. The highest BCUT2D eigenvalue weighted by Gasteiger charge is 2.09. The van der Waals surface area contributed by atoms with E-state index in [0.29, 0.717) is 11.4 Å². The molecule has 0 spiro atoms. The largest absolute Gasteiger partial charge is 0.489 e. The zero-order valence-corrected chi connectivity index (χ0v) is 16.2. The maximum atomic E-state index is 11.1. The summed E-state index contributed by atoms with van der Waals surface area (Å²) >= 11 is 5.84. The molecule has 3 rings (SSSR count). The van der Waals surface area contributed by atoms with Gasteiger partial charge >= 0.3 is 5.97 Å². The van der Waals surface area contributed by atoms with Crippen molar-refractivity contribution in [3.8, 4) is 5.75 Å². The Kier molecular flexibility index (Phi) is 6.61. The van der Waals surface area contributed by atoms with E-state index in [2.05, 4.69) is 10.5 Å². The monoisotopic (exact) mass is 425 g/mol. The van der Waals surface area contributed by atoms with E-state index >= 15 is 0 Å². The Morgan fingerprint density at radius 3 is 2.63 bits per heavy atom. The molecule has 0 bridgehead atoms. The van der Waals surface area contributed by atoms with Gasteiger partial charge in [-0.1, -0.05) is 23.7 Å². The van der Waals surface area contributed by atoms with Crippen LogP contribution in [-0.4, -0.2) is 22.2 Å². The third-order valence-corrected chi connectivity index (χ3v) is 4.34. The number of nitrogens with one attached hydrogen (secondary N) is 1. The van der Waals surface area contributed by atoms with Gasteiger partial charge in [-0.3, -0.25) is 15.5 Å². The van der Waals surface area contributed by atoms with Crippen molar-refractivity contribution in [1.82, 2.24) is 0 Å². The number of nitro groups is 1. The summed E-state index contributed by atoms with van der Waals surface area (Å²) in [6.45, 7) is 0.263. The topological polar surface area (TPSA) is 114 Å². The molecule has 0 aromatic heterocycles. The number of carboxylic acids is 1. The summed E-state index contributed by atoms with van der Waals surface area (Å²) in [7, 11) is 0. The molecule has 0 heterocycles. The Morgan fingerprint density at radius 1 is 1.17 bits per heavy atom. The second-order valence-electron chi connectivity index (χ2n) is 6.15. The molecular formula is C21H16ClN3O5. The molecule has 0 aliphatic rings. The Balaban J connectivity index is 1.60. The molecule has 8 nitrogen and oxygen atoms in total. The van der Waals surface area contributed by atoms with Crippen molar-refractivity contribution in [3.05, 3.63) is 98.6 Å². The molecule has 0 aliphatic carbocycles. The van der Waals surface area contributed by atoms with E-state index in [-0.39, 0.29) is 22.9 Å². The number of aromatic carboxylic acids is 1. The molecule has 0 atom stereocenters. The Hall–Kier alpha value is -3.91. The third-order valence-electron chi connectivity index (χ3n) is 4.01. The smallest absolute Gasteiger partial charge is 0.337 e. The van der Waals surface area contributed by atoms with Crippen LogP contribution >= 0.6 is 11.6 Å². The normalized spacial score (nSPS) is 10.7. The predicted octanol–water partition coefficient (Wildman–Crippen LogP) is 4.97. The number of hydrogen-bond donors (Lipinski definition) is 2. The molecule has 152 valence electrons. The first-order valence-electron chi connectivity index (χ1n) is 8.70.